The van der Waals surface area contributed by atoms with E-state index >= 15 is 0 Å². The number of hydrogen-bond donors (Lipinski definition) is 1. The number of pyridine rings is 2. The molecule has 4 aromatic heterocycles. The minimum Gasteiger partial charge on any atom is -0.484 e. The second kappa shape index (κ2) is 14.4. The van der Waals surface area contributed by atoms with Gasteiger partial charge in [0.05, 0.1) is 42.4 Å². The molecule has 0 unspecified atom stereocenters. The van der Waals surface area contributed by atoms with Gasteiger partial charge in [-0.3, -0.25) is 4.90 Å². The number of likely N-dealkylation sites (tertiary alicyclic amines) is 1. The number of aryl methyl sites for hydroxylation is 1. The second-order valence-electron chi connectivity index (χ2n) is 11.3. The lowest BCUT2D eigenvalue weighted by molar-refractivity contribution is -0.131. The first-order chi connectivity index (χ1) is 23.3. The molecule has 6 rings (SSSR count). The van der Waals surface area contributed by atoms with Crippen LogP contribution in [-0.2, 0) is 31.0 Å². The number of benzene rings is 1. The molecule has 0 amide bonds. The highest BCUT2D eigenvalue weighted by molar-refractivity contribution is 5.85. The van der Waals surface area contributed by atoms with E-state index < -0.39 is 17.6 Å². The maximum Gasteiger partial charge on any atom is 0.328 e. The molecule has 1 aromatic carbocycles. The van der Waals surface area contributed by atoms with E-state index in [1.54, 1.807) is 12.4 Å². The molecule has 0 radical (unpaired) electrons. The number of aliphatic carboxylic acids is 1. The maximum atomic E-state index is 14.5. The third-order valence-corrected chi connectivity index (χ3v) is 8.05. The summed E-state index contributed by atoms with van der Waals surface area (Å²) in [6.45, 7) is 5.00. The minimum absolute atomic E-state index is 0.0211. The molecular weight excluding hydrogens is 622 g/mol. The Morgan fingerprint density at radius 2 is 1.92 bits per heavy atom. The number of piperidine rings is 1. The van der Waals surface area contributed by atoms with Crippen molar-refractivity contribution in [3.8, 4) is 17.7 Å². The predicted molar refractivity (Wildman–Crippen MR) is 170 cm³/mol. The van der Waals surface area contributed by atoms with Crippen molar-refractivity contribution in [1.82, 2.24) is 34.0 Å². The lowest BCUT2D eigenvalue weighted by Gasteiger charge is -2.31. The van der Waals surface area contributed by atoms with Gasteiger partial charge < -0.3 is 23.7 Å². The zero-order chi connectivity index (χ0) is 33.6. The van der Waals surface area contributed by atoms with Crippen molar-refractivity contribution in [3.63, 3.8) is 0 Å². The molecule has 246 valence electrons. The molecule has 1 saturated heterocycles. The average Bonchev–Trinajstić information content (AvgIpc) is 3.68. The number of rotatable bonds is 12. The molecule has 5 aromatic rings. The Hall–Kier alpha value is -5.68. The second-order valence-corrected chi connectivity index (χ2v) is 11.3. The molecular formula is C34H32F2N8O4. The van der Waals surface area contributed by atoms with Crippen LogP contribution in [0.25, 0.3) is 17.2 Å². The van der Waals surface area contributed by atoms with E-state index in [1.807, 2.05) is 25.3 Å². The number of aromatic nitrogens is 6. The van der Waals surface area contributed by atoms with E-state index in [0.717, 1.165) is 43.3 Å². The van der Waals surface area contributed by atoms with Crippen LogP contribution in [0.4, 0.5) is 8.78 Å². The summed E-state index contributed by atoms with van der Waals surface area (Å²) in [6, 6.07) is 11.9. The van der Waals surface area contributed by atoms with Crippen LogP contribution in [0.2, 0.25) is 0 Å². The van der Waals surface area contributed by atoms with Gasteiger partial charge in [-0.15, -0.1) is 0 Å². The molecule has 5 heterocycles. The van der Waals surface area contributed by atoms with E-state index in [0.29, 0.717) is 42.8 Å². The van der Waals surface area contributed by atoms with Crippen molar-refractivity contribution in [3.05, 3.63) is 101 Å². The summed E-state index contributed by atoms with van der Waals surface area (Å²) in [5.41, 5.74) is 3.02. The van der Waals surface area contributed by atoms with Crippen molar-refractivity contribution in [2.45, 2.75) is 52.1 Å². The van der Waals surface area contributed by atoms with Gasteiger partial charge in [0.1, 0.15) is 35.6 Å². The Bertz CT molecular complexity index is 2010. The molecule has 0 spiro atoms. The number of carbonyl (C=O) groups is 1. The first-order valence-corrected chi connectivity index (χ1v) is 15.4. The van der Waals surface area contributed by atoms with Crippen LogP contribution in [0.5, 0.6) is 11.6 Å². The molecule has 14 heteroatoms. The number of nitrogens with zero attached hydrogens (tertiary/aromatic N) is 8. The van der Waals surface area contributed by atoms with Crippen molar-refractivity contribution in [2.24, 2.45) is 0 Å². The van der Waals surface area contributed by atoms with Crippen molar-refractivity contribution >= 4 is 23.2 Å². The molecule has 0 atom stereocenters. The first-order valence-electron chi connectivity index (χ1n) is 15.4. The number of nitriles is 1. The summed E-state index contributed by atoms with van der Waals surface area (Å²) in [6.07, 6.45) is 7.38. The predicted octanol–water partition coefficient (Wildman–Crippen LogP) is 4.96. The van der Waals surface area contributed by atoms with Gasteiger partial charge >= 0.3 is 5.97 Å². The fraction of sp³-hybridized carbons (Fsp3) is 0.294. The number of imidazole rings is 2. The number of carboxylic acids is 1. The van der Waals surface area contributed by atoms with E-state index in [1.165, 1.54) is 30.3 Å². The zero-order valence-corrected chi connectivity index (χ0v) is 26.1. The molecule has 1 aliphatic rings. The van der Waals surface area contributed by atoms with Crippen molar-refractivity contribution in [2.75, 3.05) is 13.1 Å². The third kappa shape index (κ3) is 7.48. The number of carboxylic acid groups (broad SMARTS) is 1. The topological polar surface area (TPSA) is 144 Å². The molecule has 0 saturated carbocycles. The quantitative estimate of drug-likeness (QED) is 0.183. The maximum absolute atomic E-state index is 14.5. The Morgan fingerprint density at radius 3 is 2.67 bits per heavy atom. The fourth-order valence-corrected chi connectivity index (χ4v) is 5.55. The largest absolute Gasteiger partial charge is 0.484 e. The van der Waals surface area contributed by atoms with E-state index in [2.05, 4.69) is 24.0 Å². The Morgan fingerprint density at radius 1 is 1.08 bits per heavy atom. The summed E-state index contributed by atoms with van der Waals surface area (Å²) in [5, 5.41) is 18.0. The summed E-state index contributed by atoms with van der Waals surface area (Å²) >= 11 is 0. The molecule has 48 heavy (non-hydrogen) atoms. The summed E-state index contributed by atoms with van der Waals surface area (Å²) in [5.74, 6) is -1.40. The third-order valence-electron chi connectivity index (χ3n) is 8.05. The van der Waals surface area contributed by atoms with E-state index in [4.69, 9.17) is 29.8 Å². The van der Waals surface area contributed by atoms with Gasteiger partial charge in [-0.1, -0.05) is 0 Å². The summed E-state index contributed by atoms with van der Waals surface area (Å²) in [7, 11) is 0. The fourth-order valence-electron chi connectivity index (χ4n) is 5.55. The van der Waals surface area contributed by atoms with Crippen LogP contribution in [-0.4, -0.2) is 64.2 Å². The molecule has 1 N–H and O–H groups in total. The van der Waals surface area contributed by atoms with Crippen LogP contribution in [0, 0.1) is 23.0 Å². The Kier molecular flexibility index (Phi) is 9.67. The monoisotopic (exact) mass is 654 g/mol. The van der Waals surface area contributed by atoms with E-state index in [-0.39, 0.29) is 35.6 Å². The van der Waals surface area contributed by atoms with Crippen LogP contribution in [0.15, 0.2) is 61.1 Å². The molecule has 0 bridgehead atoms. The summed E-state index contributed by atoms with van der Waals surface area (Å²) < 4.78 is 44.4. The van der Waals surface area contributed by atoms with E-state index in [9.17, 15) is 13.6 Å². The number of halogens is 2. The highest BCUT2D eigenvalue weighted by Gasteiger charge is 2.24. The number of ether oxygens (including phenoxy) is 2. The van der Waals surface area contributed by atoms with Gasteiger partial charge in [-0.2, -0.15) is 5.26 Å². The highest BCUT2D eigenvalue weighted by atomic mass is 19.1. The number of hydrogen-bond acceptors (Lipinski definition) is 9. The Labute approximate surface area is 274 Å². The van der Waals surface area contributed by atoms with Crippen molar-refractivity contribution < 1.29 is 28.2 Å². The van der Waals surface area contributed by atoms with Gasteiger partial charge in [0.25, 0.3) is 0 Å². The van der Waals surface area contributed by atoms with Crippen LogP contribution < -0.4 is 9.47 Å². The minimum atomic E-state index is -1.05. The number of fused-ring (bicyclic) bond motifs is 1. The highest BCUT2D eigenvalue weighted by Crippen LogP contribution is 2.24. The summed E-state index contributed by atoms with van der Waals surface area (Å²) in [4.78, 5) is 31.5. The van der Waals surface area contributed by atoms with Crippen LogP contribution >= 0.6 is 0 Å². The van der Waals surface area contributed by atoms with Crippen LogP contribution in [0.3, 0.4) is 0 Å². The molecule has 0 aliphatic carbocycles. The lowest BCUT2D eigenvalue weighted by Crippen LogP contribution is -2.38. The Balaban J connectivity index is 1.12. The van der Waals surface area contributed by atoms with Gasteiger partial charge in [-0.25, -0.2) is 33.5 Å². The van der Waals surface area contributed by atoms with Gasteiger partial charge in [0, 0.05) is 38.0 Å². The molecule has 12 nitrogen and oxygen atoms in total. The van der Waals surface area contributed by atoms with Gasteiger partial charge in [0.2, 0.25) is 5.88 Å². The average molecular weight is 655 g/mol. The normalized spacial score (nSPS) is 14.0. The smallest absolute Gasteiger partial charge is 0.328 e. The van der Waals surface area contributed by atoms with Crippen molar-refractivity contribution in [1.29, 1.82) is 5.26 Å². The first kappa shape index (κ1) is 32.3. The molecule has 1 aliphatic heterocycles. The lowest BCUT2D eigenvalue weighted by atomic mass is 10.1. The van der Waals surface area contributed by atoms with Crippen LogP contribution in [0.1, 0.15) is 48.2 Å². The standard InChI is InChI=1S/C34H32F2N8O4/c1-2-43-21-38-17-24(43)18-44-31(40-28-7-4-23(39-34(28)44)5-10-33(45)46)19-42-13-11-25(12-14-42)48-32-9-6-26(35)29(41-32)20-47-30-8-3-22(16-37)15-27(30)36/h3-10,15,17,21,25H,2,11-14,18-20H2,1H3,(H,45,46)/b10-5+. The van der Waals surface area contributed by atoms with Gasteiger partial charge in [-0.05, 0) is 62.2 Å². The van der Waals surface area contributed by atoms with Gasteiger partial charge in [0.15, 0.2) is 17.2 Å². The zero-order valence-electron chi connectivity index (χ0n) is 26.1. The SMILES string of the molecule is CCn1cncc1Cn1c(CN2CCC(Oc3ccc(F)c(COc4ccc(C#N)cc4F)n3)CC2)nc2ccc(/C=C/C(=O)O)nc21. The molecule has 1 fully saturated rings.